The standard InChI is InChI=1S/C23H16ClN3O4S2/c24-13-5-7-14(8-6-13)25-20(28)12-32-23-27-18-10-9-15(11-19(18)33-23)26-21(29)16-3-1-2-4-17(16)22(30)31/h1-11H,12H2,(H,25,28)(H,26,29)(H,30,31). The molecule has 3 aromatic carbocycles. The summed E-state index contributed by atoms with van der Waals surface area (Å²) in [6, 6.07) is 18.1. The number of carboxylic acid groups (broad SMARTS) is 1. The number of fused-ring (bicyclic) bond motifs is 1. The van der Waals surface area contributed by atoms with E-state index in [4.69, 9.17) is 11.6 Å². The maximum atomic E-state index is 12.6. The molecule has 0 aliphatic rings. The molecule has 0 saturated carbocycles. The number of aromatic nitrogens is 1. The molecule has 0 atom stereocenters. The zero-order chi connectivity index (χ0) is 23.4. The van der Waals surface area contributed by atoms with Crippen LogP contribution in [0.3, 0.4) is 0 Å². The van der Waals surface area contributed by atoms with Crippen molar-refractivity contribution >= 4 is 74.1 Å². The average molecular weight is 498 g/mol. The lowest BCUT2D eigenvalue weighted by Gasteiger charge is -2.07. The minimum absolute atomic E-state index is 0.0653. The average Bonchev–Trinajstić information content (AvgIpc) is 3.21. The van der Waals surface area contributed by atoms with Gasteiger partial charge in [0.25, 0.3) is 5.91 Å². The predicted molar refractivity (Wildman–Crippen MR) is 132 cm³/mol. The molecule has 10 heteroatoms. The second-order valence-electron chi connectivity index (χ2n) is 6.81. The zero-order valence-corrected chi connectivity index (χ0v) is 19.3. The molecule has 0 saturated heterocycles. The minimum Gasteiger partial charge on any atom is -0.478 e. The number of hydrogen-bond donors (Lipinski definition) is 3. The Hall–Kier alpha value is -3.40. The monoisotopic (exact) mass is 497 g/mol. The number of thioether (sulfide) groups is 1. The third kappa shape index (κ3) is 5.70. The van der Waals surface area contributed by atoms with Crippen LogP contribution in [0, 0.1) is 0 Å². The third-order valence-electron chi connectivity index (χ3n) is 4.48. The molecule has 4 aromatic rings. The van der Waals surface area contributed by atoms with Gasteiger partial charge in [-0.15, -0.1) is 11.3 Å². The molecule has 0 fully saturated rings. The molecule has 1 heterocycles. The number of rotatable bonds is 7. The van der Waals surface area contributed by atoms with Crippen LogP contribution in [0.5, 0.6) is 0 Å². The van der Waals surface area contributed by atoms with E-state index < -0.39 is 11.9 Å². The Bertz CT molecular complexity index is 1360. The van der Waals surface area contributed by atoms with E-state index in [-0.39, 0.29) is 22.8 Å². The molecule has 3 N–H and O–H groups in total. The summed E-state index contributed by atoms with van der Waals surface area (Å²) in [4.78, 5) is 40.6. The number of thiazole rings is 1. The third-order valence-corrected chi connectivity index (χ3v) is 6.90. The zero-order valence-electron chi connectivity index (χ0n) is 16.9. The number of aromatic carboxylic acids is 1. The Kier molecular flexibility index (Phi) is 6.93. The van der Waals surface area contributed by atoms with E-state index in [2.05, 4.69) is 15.6 Å². The number of carboxylic acids is 1. The van der Waals surface area contributed by atoms with Crippen molar-refractivity contribution in [3.63, 3.8) is 0 Å². The lowest BCUT2D eigenvalue weighted by Crippen LogP contribution is -2.16. The van der Waals surface area contributed by atoms with Crippen molar-refractivity contribution < 1.29 is 19.5 Å². The molecular weight excluding hydrogens is 482 g/mol. The number of nitrogens with one attached hydrogen (secondary N) is 2. The van der Waals surface area contributed by atoms with Crippen LogP contribution in [-0.2, 0) is 4.79 Å². The van der Waals surface area contributed by atoms with Gasteiger partial charge >= 0.3 is 5.97 Å². The van der Waals surface area contributed by atoms with E-state index in [9.17, 15) is 19.5 Å². The predicted octanol–water partition coefficient (Wildman–Crippen LogP) is 5.63. The number of benzene rings is 3. The maximum Gasteiger partial charge on any atom is 0.336 e. The van der Waals surface area contributed by atoms with Gasteiger partial charge in [0.1, 0.15) is 0 Å². The Morgan fingerprint density at radius 1 is 0.939 bits per heavy atom. The second kappa shape index (κ2) is 10.0. The highest BCUT2D eigenvalue weighted by atomic mass is 35.5. The minimum atomic E-state index is -1.17. The van der Waals surface area contributed by atoms with Crippen molar-refractivity contribution in [3.8, 4) is 0 Å². The summed E-state index contributed by atoms with van der Waals surface area (Å²) in [5.41, 5.74) is 1.94. The van der Waals surface area contributed by atoms with Gasteiger partial charge in [0.05, 0.1) is 27.1 Å². The Labute approximate surface area is 201 Å². The molecule has 0 radical (unpaired) electrons. The summed E-state index contributed by atoms with van der Waals surface area (Å²) >= 11 is 8.56. The van der Waals surface area contributed by atoms with Crippen LogP contribution < -0.4 is 10.6 Å². The Balaban J connectivity index is 1.41. The molecule has 0 aliphatic heterocycles. The van der Waals surface area contributed by atoms with Gasteiger partial charge in [-0.3, -0.25) is 9.59 Å². The van der Waals surface area contributed by atoms with E-state index in [1.165, 1.54) is 35.2 Å². The highest BCUT2D eigenvalue weighted by molar-refractivity contribution is 8.01. The van der Waals surface area contributed by atoms with Gasteiger partial charge in [-0.05, 0) is 54.6 Å². The number of halogens is 1. The number of amides is 2. The summed E-state index contributed by atoms with van der Waals surface area (Å²) in [7, 11) is 0. The smallest absolute Gasteiger partial charge is 0.336 e. The summed E-state index contributed by atoms with van der Waals surface area (Å²) < 4.78 is 1.55. The largest absolute Gasteiger partial charge is 0.478 e. The van der Waals surface area contributed by atoms with E-state index in [0.29, 0.717) is 16.4 Å². The molecule has 2 amide bonds. The van der Waals surface area contributed by atoms with Crippen LogP contribution in [0.25, 0.3) is 10.2 Å². The summed E-state index contributed by atoms with van der Waals surface area (Å²) in [6.07, 6.45) is 0. The van der Waals surface area contributed by atoms with Crippen LogP contribution in [-0.4, -0.2) is 33.6 Å². The Morgan fingerprint density at radius 3 is 2.36 bits per heavy atom. The Morgan fingerprint density at radius 2 is 1.64 bits per heavy atom. The van der Waals surface area contributed by atoms with E-state index >= 15 is 0 Å². The van der Waals surface area contributed by atoms with Crippen molar-refractivity contribution in [2.45, 2.75) is 4.34 Å². The number of carbonyl (C=O) groups excluding carboxylic acids is 2. The van der Waals surface area contributed by atoms with Crippen LogP contribution in [0.15, 0.2) is 71.1 Å². The van der Waals surface area contributed by atoms with Crippen LogP contribution in [0.1, 0.15) is 20.7 Å². The van der Waals surface area contributed by atoms with E-state index in [0.717, 1.165) is 14.6 Å². The fourth-order valence-corrected chi connectivity index (χ4v) is 5.00. The molecule has 0 bridgehead atoms. The summed E-state index contributed by atoms with van der Waals surface area (Å²) in [5.74, 6) is -1.64. The molecular formula is C23H16ClN3O4S2. The number of nitrogens with zero attached hydrogens (tertiary/aromatic N) is 1. The maximum absolute atomic E-state index is 12.6. The van der Waals surface area contributed by atoms with Crippen molar-refractivity contribution in [3.05, 3.63) is 82.9 Å². The topological polar surface area (TPSA) is 108 Å². The van der Waals surface area contributed by atoms with Gasteiger partial charge < -0.3 is 15.7 Å². The molecule has 33 heavy (non-hydrogen) atoms. The fraction of sp³-hybridized carbons (Fsp3) is 0.0435. The van der Waals surface area contributed by atoms with Gasteiger partial charge in [-0.1, -0.05) is 35.5 Å². The number of anilines is 2. The quantitative estimate of drug-likeness (QED) is 0.285. The van der Waals surface area contributed by atoms with Gasteiger partial charge in [-0.25, -0.2) is 9.78 Å². The number of hydrogen-bond acceptors (Lipinski definition) is 6. The first-order valence-electron chi connectivity index (χ1n) is 9.61. The van der Waals surface area contributed by atoms with Crippen LogP contribution in [0.4, 0.5) is 11.4 Å². The van der Waals surface area contributed by atoms with Gasteiger partial charge in [-0.2, -0.15) is 0 Å². The second-order valence-corrected chi connectivity index (χ2v) is 9.50. The van der Waals surface area contributed by atoms with E-state index in [1.807, 2.05) is 0 Å². The fourth-order valence-electron chi connectivity index (χ4n) is 2.97. The highest BCUT2D eigenvalue weighted by Crippen LogP contribution is 2.31. The normalized spacial score (nSPS) is 10.7. The van der Waals surface area contributed by atoms with Crippen molar-refractivity contribution in [2.75, 3.05) is 16.4 Å². The van der Waals surface area contributed by atoms with Crippen molar-refractivity contribution in [2.24, 2.45) is 0 Å². The first-order chi connectivity index (χ1) is 15.9. The lowest BCUT2D eigenvalue weighted by atomic mass is 10.1. The molecule has 0 aliphatic carbocycles. The first kappa shape index (κ1) is 22.8. The first-order valence-corrected chi connectivity index (χ1v) is 11.8. The van der Waals surface area contributed by atoms with Crippen LogP contribution in [0.2, 0.25) is 5.02 Å². The molecule has 0 spiro atoms. The number of carbonyl (C=O) groups is 3. The summed E-state index contributed by atoms with van der Waals surface area (Å²) in [6.45, 7) is 0. The summed E-state index contributed by atoms with van der Waals surface area (Å²) in [5, 5.41) is 15.4. The highest BCUT2D eigenvalue weighted by Gasteiger charge is 2.16. The molecule has 7 nitrogen and oxygen atoms in total. The van der Waals surface area contributed by atoms with Gasteiger partial charge in [0.2, 0.25) is 5.91 Å². The van der Waals surface area contributed by atoms with Gasteiger partial charge in [0, 0.05) is 16.4 Å². The van der Waals surface area contributed by atoms with E-state index in [1.54, 1.807) is 54.6 Å². The molecule has 1 aromatic heterocycles. The van der Waals surface area contributed by atoms with Gasteiger partial charge in [0.15, 0.2) is 4.34 Å². The SMILES string of the molecule is O=C(CSc1nc2ccc(NC(=O)c3ccccc3C(=O)O)cc2s1)Nc1ccc(Cl)cc1. The molecule has 166 valence electrons. The lowest BCUT2D eigenvalue weighted by molar-refractivity contribution is -0.113. The van der Waals surface area contributed by atoms with Crippen molar-refractivity contribution in [1.82, 2.24) is 4.98 Å². The van der Waals surface area contributed by atoms with Crippen LogP contribution >= 0.6 is 34.7 Å². The molecule has 0 unspecified atom stereocenters. The van der Waals surface area contributed by atoms with Crippen molar-refractivity contribution in [1.29, 1.82) is 0 Å². The molecule has 4 rings (SSSR count).